The molecule has 4 nitrogen and oxygen atoms in total. The van der Waals surface area contributed by atoms with Crippen LogP contribution in [0.1, 0.15) is 0 Å². The lowest BCUT2D eigenvalue weighted by atomic mass is 10.1. The average Bonchev–Trinajstić information content (AvgIpc) is 3.21. The molecule has 0 radical (unpaired) electrons. The van der Waals surface area contributed by atoms with E-state index in [0.29, 0.717) is 0 Å². The molecule has 0 saturated carbocycles. The number of ether oxygens (including phenoxy) is 1. The predicted octanol–water partition coefficient (Wildman–Crippen LogP) is 4.36. The Labute approximate surface area is 131 Å². The largest absolute Gasteiger partial charge is 0.486 e. The summed E-state index contributed by atoms with van der Waals surface area (Å²) in [5, 5.41) is 2.80. The highest BCUT2D eigenvalue weighted by molar-refractivity contribution is 7.16. The Balaban J connectivity index is 1.86. The molecule has 0 saturated heterocycles. The Morgan fingerprint density at radius 2 is 1.91 bits per heavy atom. The molecule has 108 valence electrons. The van der Waals surface area contributed by atoms with Crippen LogP contribution in [-0.2, 0) is 0 Å². The highest BCUT2D eigenvalue weighted by atomic mass is 32.1. The van der Waals surface area contributed by atoms with Crippen LogP contribution in [-0.4, -0.2) is 22.1 Å². The fraction of sp³-hybridized carbons (Fsp3) is 0.0588. The normalized spacial score (nSPS) is 11.0. The van der Waals surface area contributed by atoms with Crippen LogP contribution in [0, 0.1) is 0 Å². The maximum absolute atomic E-state index is 5.23. The average molecular weight is 307 g/mol. The highest BCUT2D eigenvalue weighted by Gasteiger charge is 2.12. The molecule has 3 aromatic heterocycles. The van der Waals surface area contributed by atoms with E-state index >= 15 is 0 Å². The number of thiazole rings is 1. The second kappa shape index (κ2) is 5.27. The third-order valence-electron chi connectivity index (χ3n) is 3.55. The van der Waals surface area contributed by atoms with Crippen molar-refractivity contribution in [1.82, 2.24) is 15.0 Å². The number of methoxy groups -OCH3 is 1. The van der Waals surface area contributed by atoms with Gasteiger partial charge in [0.05, 0.1) is 13.3 Å². The molecule has 0 bridgehead atoms. The molecule has 22 heavy (non-hydrogen) atoms. The molecule has 0 aliphatic rings. The molecule has 5 heteroatoms. The monoisotopic (exact) mass is 307 g/mol. The van der Waals surface area contributed by atoms with Crippen LogP contribution in [0.25, 0.3) is 32.7 Å². The molecule has 3 heterocycles. The van der Waals surface area contributed by atoms with Gasteiger partial charge in [0.25, 0.3) is 0 Å². The SMILES string of the molecule is COc1cnc(-c2c[nH]c3ncc(-c4ccccc4)cc23)s1. The minimum absolute atomic E-state index is 0.802. The first-order valence-corrected chi connectivity index (χ1v) is 7.69. The molecule has 0 atom stereocenters. The Bertz CT molecular complexity index is 927. The van der Waals surface area contributed by atoms with Gasteiger partial charge in [0, 0.05) is 28.9 Å². The summed E-state index contributed by atoms with van der Waals surface area (Å²) in [6.07, 6.45) is 5.58. The van der Waals surface area contributed by atoms with Gasteiger partial charge in [-0.05, 0) is 11.6 Å². The van der Waals surface area contributed by atoms with Gasteiger partial charge < -0.3 is 9.72 Å². The lowest BCUT2D eigenvalue weighted by Gasteiger charge is -2.01. The van der Waals surface area contributed by atoms with E-state index in [2.05, 4.69) is 33.2 Å². The molecule has 4 rings (SSSR count). The Hall–Kier alpha value is -2.66. The molecule has 0 unspecified atom stereocenters. The van der Waals surface area contributed by atoms with Gasteiger partial charge >= 0.3 is 0 Å². The first-order chi connectivity index (χ1) is 10.8. The van der Waals surface area contributed by atoms with Crippen LogP contribution >= 0.6 is 11.3 Å². The van der Waals surface area contributed by atoms with E-state index in [-0.39, 0.29) is 0 Å². The van der Waals surface area contributed by atoms with Crippen LogP contribution in [0.4, 0.5) is 0 Å². The van der Waals surface area contributed by atoms with Crippen LogP contribution < -0.4 is 4.74 Å². The number of rotatable bonds is 3. The van der Waals surface area contributed by atoms with Crippen molar-refractivity contribution in [3.8, 4) is 26.8 Å². The van der Waals surface area contributed by atoms with Crippen LogP contribution in [0.15, 0.2) is 55.0 Å². The van der Waals surface area contributed by atoms with Crippen LogP contribution in [0.3, 0.4) is 0 Å². The van der Waals surface area contributed by atoms with E-state index < -0.39 is 0 Å². The summed E-state index contributed by atoms with van der Waals surface area (Å²) < 4.78 is 5.23. The van der Waals surface area contributed by atoms with Crippen molar-refractivity contribution in [2.24, 2.45) is 0 Å². The molecular weight excluding hydrogens is 294 g/mol. The van der Waals surface area contributed by atoms with Gasteiger partial charge in [0.1, 0.15) is 10.7 Å². The molecule has 0 aliphatic heterocycles. The molecule has 1 aromatic carbocycles. The third kappa shape index (κ3) is 2.16. The lowest BCUT2D eigenvalue weighted by Crippen LogP contribution is -1.82. The second-order valence-electron chi connectivity index (χ2n) is 4.88. The minimum Gasteiger partial charge on any atom is -0.486 e. The number of benzene rings is 1. The number of aromatic amines is 1. The molecule has 0 spiro atoms. The summed E-state index contributed by atoms with van der Waals surface area (Å²) in [4.78, 5) is 12.2. The zero-order valence-electron chi connectivity index (χ0n) is 11.9. The van der Waals surface area contributed by atoms with Crippen molar-refractivity contribution in [3.63, 3.8) is 0 Å². The second-order valence-corrected chi connectivity index (χ2v) is 5.87. The topological polar surface area (TPSA) is 50.8 Å². The van der Waals surface area contributed by atoms with E-state index in [4.69, 9.17) is 4.74 Å². The number of nitrogens with one attached hydrogen (secondary N) is 1. The molecule has 4 aromatic rings. The van der Waals surface area contributed by atoms with Crippen LogP contribution in [0.2, 0.25) is 0 Å². The standard InChI is InChI=1S/C17H13N3OS/c1-21-15-10-20-17(22-15)14-9-19-16-13(14)7-12(8-18-16)11-5-3-2-4-6-11/h2-10H,1H3,(H,18,19). The van der Waals surface area contributed by atoms with Crippen molar-refractivity contribution >= 4 is 22.4 Å². The van der Waals surface area contributed by atoms with Crippen molar-refractivity contribution < 1.29 is 4.74 Å². The number of aromatic nitrogens is 3. The molecule has 0 amide bonds. The number of hydrogen-bond acceptors (Lipinski definition) is 4. The van der Waals surface area contributed by atoms with Crippen molar-refractivity contribution in [3.05, 3.63) is 55.0 Å². The maximum Gasteiger partial charge on any atom is 0.194 e. The molecule has 0 aliphatic carbocycles. The smallest absolute Gasteiger partial charge is 0.194 e. The predicted molar refractivity (Wildman–Crippen MR) is 89.2 cm³/mol. The van der Waals surface area contributed by atoms with E-state index in [1.165, 1.54) is 11.3 Å². The van der Waals surface area contributed by atoms with E-state index in [0.717, 1.165) is 37.8 Å². The van der Waals surface area contributed by atoms with Crippen molar-refractivity contribution in [1.29, 1.82) is 0 Å². The summed E-state index contributed by atoms with van der Waals surface area (Å²) in [5.74, 6) is 0. The summed E-state index contributed by atoms with van der Waals surface area (Å²) >= 11 is 1.53. The first kappa shape index (κ1) is 13.0. The zero-order valence-corrected chi connectivity index (χ0v) is 12.7. The molecule has 0 fully saturated rings. The summed E-state index contributed by atoms with van der Waals surface area (Å²) in [6, 6.07) is 12.4. The van der Waals surface area contributed by atoms with E-state index in [9.17, 15) is 0 Å². The number of hydrogen-bond donors (Lipinski definition) is 1. The highest BCUT2D eigenvalue weighted by Crippen LogP contribution is 2.35. The fourth-order valence-corrected chi connectivity index (χ4v) is 3.21. The summed E-state index contributed by atoms with van der Waals surface area (Å²) in [6.45, 7) is 0. The maximum atomic E-state index is 5.23. The van der Waals surface area contributed by atoms with Gasteiger partial charge in [0.2, 0.25) is 0 Å². The van der Waals surface area contributed by atoms with E-state index in [1.54, 1.807) is 13.3 Å². The lowest BCUT2D eigenvalue weighted by molar-refractivity contribution is 0.426. The zero-order chi connectivity index (χ0) is 14.9. The first-order valence-electron chi connectivity index (χ1n) is 6.88. The minimum atomic E-state index is 0.802. The summed E-state index contributed by atoms with van der Waals surface area (Å²) in [7, 11) is 1.65. The fourth-order valence-electron chi connectivity index (χ4n) is 2.45. The van der Waals surface area contributed by atoms with Gasteiger partial charge in [-0.25, -0.2) is 9.97 Å². The quantitative estimate of drug-likeness (QED) is 0.611. The third-order valence-corrected chi connectivity index (χ3v) is 4.55. The van der Waals surface area contributed by atoms with Crippen molar-refractivity contribution in [2.45, 2.75) is 0 Å². The van der Waals surface area contributed by atoms with Gasteiger partial charge in [-0.1, -0.05) is 41.7 Å². The van der Waals surface area contributed by atoms with Gasteiger partial charge in [-0.15, -0.1) is 0 Å². The number of nitrogens with zero attached hydrogens (tertiary/aromatic N) is 2. The van der Waals surface area contributed by atoms with Crippen LogP contribution in [0.5, 0.6) is 5.06 Å². The Morgan fingerprint density at radius 3 is 2.68 bits per heavy atom. The number of pyridine rings is 1. The number of fused-ring (bicyclic) bond motifs is 1. The number of H-pyrrole nitrogens is 1. The van der Waals surface area contributed by atoms with E-state index in [1.807, 2.05) is 30.6 Å². The van der Waals surface area contributed by atoms with Gasteiger partial charge in [0.15, 0.2) is 5.06 Å². The summed E-state index contributed by atoms with van der Waals surface area (Å²) in [5.41, 5.74) is 4.16. The van der Waals surface area contributed by atoms with Gasteiger partial charge in [-0.2, -0.15) is 0 Å². The van der Waals surface area contributed by atoms with Gasteiger partial charge in [-0.3, -0.25) is 0 Å². The molecular formula is C17H13N3OS. The Morgan fingerprint density at radius 1 is 1.05 bits per heavy atom. The van der Waals surface area contributed by atoms with Crippen molar-refractivity contribution in [2.75, 3.05) is 7.11 Å². The Kier molecular flexibility index (Phi) is 3.12. The molecule has 1 N–H and O–H groups in total.